The highest BCUT2D eigenvalue weighted by Gasteiger charge is 2.11. The number of furan rings is 1. The van der Waals surface area contributed by atoms with Crippen LogP contribution < -0.4 is 4.74 Å². The Bertz CT molecular complexity index is 467. The third-order valence-corrected chi connectivity index (χ3v) is 2.29. The lowest BCUT2D eigenvalue weighted by atomic mass is 10.3. The summed E-state index contributed by atoms with van der Waals surface area (Å²) in [5.41, 5.74) is 0.374. The summed E-state index contributed by atoms with van der Waals surface area (Å²) in [4.78, 5) is 15.4. The van der Waals surface area contributed by atoms with E-state index in [4.69, 9.17) is 9.15 Å². The number of aromatic nitrogens is 1. The van der Waals surface area contributed by atoms with Crippen molar-refractivity contribution < 1.29 is 13.9 Å². The van der Waals surface area contributed by atoms with Crippen LogP contribution in [0.3, 0.4) is 0 Å². The van der Waals surface area contributed by atoms with Crippen LogP contribution in [0.2, 0.25) is 0 Å². The molecule has 15 heavy (non-hydrogen) atoms. The average molecular weight is 268 g/mol. The number of carbonyl (C=O) groups is 1. The Balaban J connectivity index is 2.17. The molecule has 0 atom stereocenters. The maximum atomic E-state index is 11.5. The molecule has 2 aromatic rings. The zero-order chi connectivity index (χ0) is 10.7. The number of rotatable bonds is 2. The lowest BCUT2D eigenvalue weighted by Gasteiger charge is -2.03. The van der Waals surface area contributed by atoms with Gasteiger partial charge in [0.05, 0.1) is 16.3 Å². The minimum absolute atomic E-state index is 0.374. The van der Waals surface area contributed by atoms with Crippen molar-refractivity contribution in [2.45, 2.75) is 0 Å². The van der Waals surface area contributed by atoms with Gasteiger partial charge in [0.15, 0.2) is 0 Å². The lowest BCUT2D eigenvalue weighted by Crippen LogP contribution is -2.07. The highest BCUT2D eigenvalue weighted by atomic mass is 79.9. The molecule has 0 aliphatic carbocycles. The molecule has 0 N–H and O–H groups in total. The summed E-state index contributed by atoms with van der Waals surface area (Å²) in [6.45, 7) is 0. The number of carbonyl (C=O) groups excluding carboxylic acids is 1. The summed E-state index contributed by atoms with van der Waals surface area (Å²) in [5, 5.41) is 0. The van der Waals surface area contributed by atoms with E-state index in [1.165, 1.54) is 18.6 Å². The minimum atomic E-state index is -0.462. The van der Waals surface area contributed by atoms with Gasteiger partial charge in [-0.2, -0.15) is 0 Å². The third kappa shape index (κ3) is 2.24. The molecule has 76 valence electrons. The molecule has 0 amide bonds. The first-order chi connectivity index (χ1) is 7.27. The van der Waals surface area contributed by atoms with Gasteiger partial charge in [0.1, 0.15) is 12.0 Å². The van der Waals surface area contributed by atoms with Gasteiger partial charge in [-0.05, 0) is 22.0 Å². The van der Waals surface area contributed by atoms with Crippen LogP contribution in [0, 0.1) is 0 Å². The lowest BCUT2D eigenvalue weighted by molar-refractivity contribution is 0.0732. The molecule has 0 aliphatic heterocycles. The Labute approximate surface area is 94.0 Å². The summed E-state index contributed by atoms with van der Waals surface area (Å²) in [6.07, 6.45) is 5.84. The zero-order valence-corrected chi connectivity index (χ0v) is 9.10. The minimum Gasteiger partial charge on any atom is -0.472 e. The van der Waals surface area contributed by atoms with Crippen LogP contribution in [0.15, 0.2) is 45.9 Å². The summed E-state index contributed by atoms with van der Waals surface area (Å²) < 4.78 is 10.5. The number of nitrogens with zero attached hydrogens (tertiary/aromatic N) is 1. The van der Waals surface area contributed by atoms with Gasteiger partial charge < -0.3 is 9.15 Å². The fourth-order valence-corrected chi connectivity index (χ4v) is 1.32. The normalized spacial score (nSPS) is 9.93. The average Bonchev–Trinajstić information content (AvgIpc) is 2.74. The van der Waals surface area contributed by atoms with E-state index in [1.54, 1.807) is 18.5 Å². The second-order valence-electron chi connectivity index (χ2n) is 2.71. The van der Waals surface area contributed by atoms with Gasteiger partial charge in [-0.3, -0.25) is 4.98 Å². The molecule has 2 rings (SSSR count). The maximum Gasteiger partial charge on any atom is 0.346 e. The van der Waals surface area contributed by atoms with Crippen LogP contribution in [0.1, 0.15) is 10.4 Å². The molecule has 0 radical (unpaired) electrons. The van der Waals surface area contributed by atoms with Gasteiger partial charge >= 0.3 is 5.97 Å². The summed E-state index contributed by atoms with van der Waals surface area (Å²) >= 11 is 3.22. The maximum absolute atomic E-state index is 11.5. The molecule has 0 unspecified atom stereocenters. The zero-order valence-electron chi connectivity index (χ0n) is 7.51. The van der Waals surface area contributed by atoms with Crippen molar-refractivity contribution >= 4 is 21.9 Å². The van der Waals surface area contributed by atoms with E-state index in [1.807, 2.05) is 0 Å². The molecule has 4 nitrogen and oxygen atoms in total. The molecule has 5 heteroatoms. The van der Waals surface area contributed by atoms with E-state index < -0.39 is 5.97 Å². The molecule has 0 saturated carbocycles. The van der Waals surface area contributed by atoms with Gasteiger partial charge in [-0.15, -0.1) is 0 Å². The predicted molar refractivity (Wildman–Crippen MR) is 55.6 cm³/mol. The van der Waals surface area contributed by atoms with Gasteiger partial charge in [0.25, 0.3) is 0 Å². The van der Waals surface area contributed by atoms with Gasteiger partial charge in [-0.25, -0.2) is 4.79 Å². The van der Waals surface area contributed by atoms with Crippen LogP contribution in [-0.2, 0) is 0 Å². The van der Waals surface area contributed by atoms with Crippen LogP contribution in [0.4, 0.5) is 0 Å². The molecule has 0 aromatic carbocycles. The van der Waals surface area contributed by atoms with Gasteiger partial charge in [-0.1, -0.05) is 0 Å². The smallest absolute Gasteiger partial charge is 0.346 e. The standard InChI is InChI=1S/C10H6BrNO3/c11-8-5-12-3-1-9(8)15-10(13)7-2-4-14-6-7/h1-6H. The van der Waals surface area contributed by atoms with E-state index in [0.29, 0.717) is 15.8 Å². The second kappa shape index (κ2) is 4.27. The van der Waals surface area contributed by atoms with Gasteiger partial charge in [0, 0.05) is 18.5 Å². The Morgan fingerprint density at radius 3 is 3.00 bits per heavy atom. The fraction of sp³-hybridized carbons (Fsp3) is 0. The summed E-state index contributed by atoms with van der Waals surface area (Å²) in [7, 11) is 0. The number of hydrogen-bond donors (Lipinski definition) is 0. The van der Waals surface area contributed by atoms with Crippen LogP contribution in [-0.4, -0.2) is 11.0 Å². The fourth-order valence-electron chi connectivity index (χ4n) is 0.985. The third-order valence-electron chi connectivity index (χ3n) is 1.69. The van der Waals surface area contributed by atoms with Crippen molar-refractivity contribution in [3.8, 4) is 5.75 Å². The highest BCUT2D eigenvalue weighted by Crippen LogP contribution is 2.23. The van der Waals surface area contributed by atoms with E-state index in [2.05, 4.69) is 20.9 Å². The van der Waals surface area contributed by atoms with Crippen LogP contribution >= 0.6 is 15.9 Å². The first-order valence-electron chi connectivity index (χ1n) is 4.11. The molecular weight excluding hydrogens is 262 g/mol. The van der Waals surface area contributed by atoms with Gasteiger partial charge in [0.2, 0.25) is 0 Å². The molecule has 0 bridgehead atoms. The highest BCUT2D eigenvalue weighted by molar-refractivity contribution is 9.10. The van der Waals surface area contributed by atoms with Crippen LogP contribution in [0.25, 0.3) is 0 Å². The first kappa shape index (κ1) is 9.92. The van der Waals surface area contributed by atoms with Crippen molar-refractivity contribution in [2.24, 2.45) is 0 Å². The van der Waals surface area contributed by atoms with Crippen molar-refractivity contribution in [1.29, 1.82) is 0 Å². The Hall–Kier alpha value is -1.62. The number of esters is 1. The Kier molecular flexibility index (Phi) is 2.82. The number of pyridine rings is 1. The predicted octanol–water partition coefficient (Wildman–Crippen LogP) is 2.66. The molecule has 2 heterocycles. The first-order valence-corrected chi connectivity index (χ1v) is 4.90. The monoisotopic (exact) mass is 267 g/mol. The Morgan fingerprint density at radius 2 is 2.33 bits per heavy atom. The van der Waals surface area contributed by atoms with E-state index in [9.17, 15) is 4.79 Å². The topological polar surface area (TPSA) is 52.3 Å². The van der Waals surface area contributed by atoms with E-state index in [-0.39, 0.29) is 0 Å². The number of halogens is 1. The van der Waals surface area contributed by atoms with Crippen molar-refractivity contribution in [3.05, 3.63) is 47.1 Å². The molecule has 0 aliphatic rings. The van der Waals surface area contributed by atoms with E-state index >= 15 is 0 Å². The summed E-state index contributed by atoms with van der Waals surface area (Å²) in [5.74, 6) is -0.0353. The van der Waals surface area contributed by atoms with Crippen molar-refractivity contribution in [1.82, 2.24) is 4.98 Å². The molecule has 0 spiro atoms. The molecular formula is C10H6BrNO3. The molecule has 0 fully saturated rings. The van der Waals surface area contributed by atoms with E-state index in [0.717, 1.165) is 0 Å². The second-order valence-corrected chi connectivity index (χ2v) is 3.56. The molecule has 0 saturated heterocycles. The summed E-state index contributed by atoms with van der Waals surface area (Å²) in [6, 6.07) is 3.14. The number of hydrogen-bond acceptors (Lipinski definition) is 4. The van der Waals surface area contributed by atoms with Crippen molar-refractivity contribution in [3.63, 3.8) is 0 Å². The number of ether oxygens (including phenoxy) is 1. The quantitative estimate of drug-likeness (QED) is 0.785. The molecule has 2 aromatic heterocycles. The SMILES string of the molecule is O=C(Oc1ccncc1Br)c1ccoc1. The van der Waals surface area contributed by atoms with Crippen molar-refractivity contribution in [2.75, 3.05) is 0 Å². The van der Waals surface area contributed by atoms with Crippen LogP contribution in [0.5, 0.6) is 5.75 Å². The Morgan fingerprint density at radius 1 is 1.47 bits per heavy atom. The largest absolute Gasteiger partial charge is 0.472 e.